The van der Waals surface area contributed by atoms with Crippen LogP contribution in [0, 0.1) is 0 Å². The molecule has 0 fully saturated rings. The van der Waals surface area contributed by atoms with Crippen LogP contribution in [-0.2, 0) is 10.8 Å². The Hall–Kier alpha value is -1.20. The Morgan fingerprint density at radius 2 is 2.00 bits per heavy atom. The first-order valence-electron chi connectivity index (χ1n) is 4.88. The van der Waals surface area contributed by atoms with Crippen molar-refractivity contribution in [2.75, 3.05) is 7.11 Å². The van der Waals surface area contributed by atoms with Crippen molar-refractivity contribution in [2.45, 2.75) is 9.79 Å². The zero-order valence-corrected chi connectivity index (χ0v) is 11.5. The maximum atomic E-state index is 12.3. The van der Waals surface area contributed by atoms with Gasteiger partial charge in [0.05, 0.1) is 17.9 Å². The van der Waals surface area contributed by atoms with E-state index in [0.717, 1.165) is 9.37 Å². The van der Waals surface area contributed by atoms with Gasteiger partial charge in [0.15, 0.2) is 0 Å². The van der Waals surface area contributed by atoms with Crippen LogP contribution in [0.3, 0.4) is 0 Å². The monoisotopic (exact) mass is 311 g/mol. The Morgan fingerprint density at radius 3 is 2.65 bits per heavy atom. The molecule has 0 bridgehead atoms. The molecule has 0 aliphatic heterocycles. The first-order valence-corrected chi connectivity index (χ1v) is 6.83. The first-order chi connectivity index (χ1) is 8.22. The van der Waals surface area contributed by atoms with Gasteiger partial charge < -0.3 is 4.74 Å². The number of halogens is 1. The van der Waals surface area contributed by atoms with E-state index in [2.05, 4.69) is 20.9 Å². The molecule has 1 heterocycles. The summed E-state index contributed by atoms with van der Waals surface area (Å²) in [6.07, 6.45) is 1.62. The highest BCUT2D eigenvalue weighted by molar-refractivity contribution is 9.10. The summed E-state index contributed by atoms with van der Waals surface area (Å²) in [6.45, 7) is 0. The molecule has 0 spiro atoms. The summed E-state index contributed by atoms with van der Waals surface area (Å²) in [7, 11) is 0.230. The van der Waals surface area contributed by atoms with E-state index in [-0.39, 0.29) is 0 Å². The fourth-order valence-electron chi connectivity index (χ4n) is 1.37. The maximum Gasteiger partial charge on any atom is 0.230 e. The molecule has 0 saturated carbocycles. The number of hydrogen-bond donors (Lipinski definition) is 0. The van der Waals surface area contributed by atoms with E-state index >= 15 is 0 Å². The van der Waals surface area contributed by atoms with Crippen LogP contribution in [0.5, 0.6) is 5.88 Å². The molecule has 0 saturated heterocycles. The van der Waals surface area contributed by atoms with Crippen molar-refractivity contribution < 1.29 is 8.95 Å². The van der Waals surface area contributed by atoms with E-state index in [0.29, 0.717) is 10.8 Å². The molecule has 0 unspecified atom stereocenters. The van der Waals surface area contributed by atoms with Crippen molar-refractivity contribution >= 4 is 26.7 Å². The predicted octanol–water partition coefficient (Wildman–Crippen LogP) is 3.02. The van der Waals surface area contributed by atoms with Gasteiger partial charge in [-0.3, -0.25) is 0 Å². The van der Waals surface area contributed by atoms with Crippen molar-refractivity contribution in [3.63, 3.8) is 0 Å². The zero-order chi connectivity index (χ0) is 12.3. The fourth-order valence-corrected chi connectivity index (χ4v) is 3.04. The summed E-state index contributed by atoms with van der Waals surface area (Å²) in [5.41, 5.74) is 0. The van der Waals surface area contributed by atoms with Crippen molar-refractivity contribution in [3.05, 3.63) is 47.1 Å². The number of benzene rings is 1. The molecule has 2 rings (SSSR count). The Labute approximate surface area is 110 Å². The smallest absolute Gasteiger partial charge is 0.230 e. The molecule has 0 aliphatic rings. The van der Waals surface area contributed by atoms with Crippen LogP contribution < -0.4 is 4.74 Å². The van der Waals surface area contributed by atoms with Crippen LogP contribution in [0.1, 0.15) is 0 Å². The molecule has 5 heteroatoms. The highest BCUT2D eigenvalue weighted by Crippen LogP contribution is 2.26. The molecular weight excluding hydrogens is 302 g/mol. The van der Waals surface area contributed by atoms with Crippen LogP contribution >= 0.6 is 15.9 Å². The SMILES string of the molecule is COc1ncc(Br)cc1[S@](=O)c1ccccc1. The lowest BCUT2D eigenvalue weighted by Gasteiger charge is -2.07. The number of hydrogen-bond acceptors (Lipinski definition) is 3. The largest absolute Gasteiger partial charge is 0.480 e. The lowest BCUT2D eigenvalue weighted by molar-refractivity contribution is 0.386. The second-order valence-corrected chi connectivity index (χ2v) is 5.61. The van der Waals surface area contributed by atoms with Gasteiger partial charge in [0.25, 0.3) is 0 Å². The van der Waals surface area contributed by atoms with Crippen LogP contribution in [0.4, 0.5) is 0 Å². The number of aromatic nitrogens is 1. The van der Waals surface area contributed by atoms with E-state index in [1.165, 1.54) is 7.11 Å². The molecular formula is C12H10BrNO2S. The van der Waals surface area contributed by atoms with Gasteiger partial charge in [-0.25, -0.2) is 9.19 Å². The maximum absolute atomic E-state index is 12.3. The summed E-state index contributed by atoms with van der Waals surface area (Å²) in [5.74, 6) is 0.385. The van der Waals surface area contributed by atoms with Gasteiger partial charge in [-0.2, -0.15) is 0 Å². The molecule has 3 nitrogen and oxygen atoms in total. The predicted molar refractivity (Wildman–Crippen MR) is 69.6 cm³/mol. The third-order valence-corrected chi connectivity index (χ3v) is 3.96. The highest BCUT2D eigenvalue weighted by atomic mass is 79.9. The van der Waals surface area contributed by atoms with Crippen molar-refractivity contribution in [3.8, 4) is 5.88 Å². The first kappa shape index (κ1) is 12.3. The standard InChI is InChI=1S/C12H10BrNO2S/c1-16-12-11(7-9(13)8-14-12)17(15)10-5-3-2-4-6-10/h2-8H,1H3/t17-/m1/s1. The van der Waals surface area contributed by atoms with Crippen LogP contribution in [-0.4, -0.2) is 16.3 Å². The number of rotatable bonds is 3. The minimum atomic E-state index is -1.29. The van der Waals surface area contributed by atoms with Gasteiger partial charge in [-0.15, -0.1) is 0 Å². The lowest BCUT2D eigenvalue weighted by Crippen LogP contribution is -1.99. The Balaban J connectivity index is 2.47. The second-order valence-electron chi connectivity index (χ2n) is 3.24. The average Bonchev–Trinajstić information content (AvgIpc) is 2.39. The quantitative estimate of drug-likeness (QED) is 0.874. The van der Waals surface area contributed by atoms with Gasteiger partial charge in [0.1, 0.15) is 4.90 Å². The molecule has 0 radical (unpaired) electrons. The minimum Gasteiger partial charge on any atom is -0.480 e. The van der Waals surface area contributed by atoms with E-state index in [1.54, 1.807) is 12.3 Å². The average molecular weight is 312 g/mol. The summed E-state index contributed by atoms with van der Waals surface area (Å²) in [5, 5.41) is 0. The van der Waals surface area contributed by atoms with Gasteiger partial charge in [-0.1, -0.05) is 18.2 Å². The van der Waals surface area contributed by atoms with E-state index in [1.807, 2.05) is 30.3 Å². The highest BCUT2D eigenvalue weighted by Gasteiger charge is 2.14. The molecule has 0 aliphatic carbocycles. The Kier molecular flexibility index (Phi) is 3.91. The molecule has 1 aromatic carbocycles. The van der Waals surface area contributed by atoms with Crippen LogP contribution in [0.2, 0.25) is 0 Å². The topological polar surface area (TPSA) is 39.2 Å². The molecule has 0 N–H and O–H groups in total. The molecule has 1 atom stereocenters. The zero-order valence-electron chi connectivity index (χ0n) is 9.09. The van der Waals surface area contributed by atoms with Crippen molar-refractivity contribution in [2.24, 2.45) is 0 Å². The molecule has 2 aromatic rings. The van der Waals surface area contributed by atoms with Gasteiger partial charge in [0, 0.05) is 15.6 Å². The van der Waals surface area contributed by atoms with Gasteiger partial charge >= 0.3 is 0 Å². The summed E-state index contributed by atoms with van der Waals surface area (Å²) in [6, 6.07) is 11.0. The van der Waals surface area contributed by atoms with Crippen LogP contribution in [0.15, 0.2) is 56.9 Å². The summed E-state index contributed by atoms with van der Waals surface area (Å²) in [4.78, 5) is 5.37. The third kappa shape index (κ3) is 2.73. The molecule has 0 amide bonds. The fraction of sp³-hybridized carbons (Fsp3) is 0.0833. The van der Waals surface area contributed by atoms with E-state index < -0.39 is 10.8 Å². The van der Waals surface area contributed by atoms with Gasteiger partial charge in [-0.05, 0) is 34.1 Å². The number of nitrogens with zero attached hydrogens (tertiary/aromatic N) is 1. The third-order valence-electron chi connectivity index (χ3n) is 2.14. The molecule has 88 valence electrons. The Bertz CT molecular complexity index is 545. The normalized spacial score (nSPS) is 12.1. The summed E-state index contributed by atoms with van der Waals surface area (Å²) >= 11 is 3.31. The number of methoxy groups -OCH3 is 1. The Morgan fingerprint density at radius 1 is 1.29 bits per heavy atom. The van der Waals surface area contributed by atoms with Crippen LogP contribution in [0.25, 0.3) is 0 Å². The van der Waals surface area contributed by atoms with E-state index in [9.17, 15) is 4.21 Å². The van der Waals surface area contributed by atoms with Crippen molar-refractivity contribution in [1.29, 1.82) is 0 Å². The van der Waals surface area contributed by atoms with Crippen molar-refractivity contribution in [1.82, 2.24) is 4.98 Å². The lowest BCUT2D eigenvalue weighted by atomic mass is 10.4. The second kappa shape index (κ2) is 5.42. The number of pyridine rings is 1. The number of ether oxygens (including phenoxy) is 1. The molecule has 1 aromatic heterocycles. The minimum absolute atomic E-state index is 0.385. The molecule has 17 heavy (non-hydrogen) atoms. The van der Waals surface area contributed by atoms with Gasteiger partial charge in [0.2, 0.25) is 5.88 Å². The van der Waals surface area contributed by atoms with E-state index in [4.69, 9.17) is 4.74 Å². The summed E-state index contributed by atoms with van der Waals surface area (Å²) < 4.78 is 18.2.